The molecule has 0 atom stereocenters. The lowest BCUT2D eigenvalue weighted by Gasteiger charge is -1.97. The molecule has 0 aromatic carbocycles. The Morgan fingerprint density at radius 1 is 1.59 bits per heavy atom. The van der Waals surface area contributed by atoms with E-state index in [0.29, 0.717) is 12.8 Å². The van der Waals surface area contributed by atoms with Crippen LogP contribution in [0.25, 0.3) is 10.6 Å². The number of aromatic nitrogens is 2. The average Bonchev–Trinajstić information content (AvgIpc) is 2.94. The summed E-state index contributed by atoms with van der Waals surface area (Å²) in [6.45, 7) is 2.07. The lowest BCUT2D eigenvalue weighted by molar-refractivity contribution is -0.140. The molecule has 0 unspecified atom stereocenters. The summed E-state index contributed by atoms with van der Waals surface area (Å²) in [6.07, 6.45) is 2.75. The first-order valence-corrected chi connectivity index (χ1v) is 6.24. The number of hydrogen-bond acceptors (Lipinski definition) is 4. The van der Waals surface area contributed by atoms with Gasteiger partial charge in [-0.05, 0) is 23.9 Å². The summed E-state index contributed by atoms with van der Waals surface area (Å²) in [7, 11) is 1.39. The normalized spacial score (nSPS) is 10.5. The SMILES string of the molecule is COC(=O)CCc1ncc(-c2sccc2C)[nH]1. The minimum absolute atomic E-state index is 0.213. The molecule has 90 valence electrons. The maximum absolute atomic E-state index is 11.0. The second-order valence-electron chi connectivity index (χ2n) is 3.75. The molecule has 0 bridgehead atoms. The highest BCUT2D eigenvalue weighted by Gasteiger charge is 2.08. The van der Waals surface area contributed by atoms with Crippen LogP contribution in [0.3, 0.4) is 0 Å². The van der Waals surface area contributed by atoms with Gasteiger partial charge in [0.15, 0.2) is 0 Å². The number of nitrogens with one attached hydrogen (secondary N) is 1. The Hall–Kier alpha value is -1.62. The van der Waals surface area contributed by atoms with Gasteiger partial charge in [0.1, 0.15) is 5.82 Å². The Morgan fingerprint density at radius 3 is 3.06 bits per heavy atom. The summed E-state index contributed by atoms with van der Waals surface area (Å²) < 4.78 is 4.59. The molecule has 0 saturated carbocycles. The second-order valence-corrected chi connectivity index (χ2v) is 4.67. The zero-order chi connectivity index (χ0) is 12.3. The van der Waals surface area contributed by atoms with E-state index in [4.69, 9.17) is 0 Å². The van der Waals surface area contributed by atoms with E-state index >= 15 is 0 Å². The molecule has 0 spiro atoms. The number of esters is 1. The van der Waals surface area contributed by atoms with E-state index in [1.165, 1.54) is 17.6 Å². The van der Waals surface area contributed by atoms with Crippen LogP contribution in [0, 0.1) is 6.92 Å². The molecule has 0 fully saturated rings. The Morgan fingerprint density at radius 2 is 2.41 bits per heavy atom. The Balaban J connectivity index is 2.06. The van der Waals surface area contributed by atoms with Gasteiger partial charge in [-0.2, -0.15) is 0 Å². The van der Waals surface area contributed by atoms with Gasteiger partial charge in [0.25, 0.3) is 0 Å². The highest BCUT2D eigenvalue weighted by molar-refractivity contribution is 7.13. The smallest absolute Gasteiger partial charge is 0.305 e. The molecule has 0 aliphatic carbocycles. The van der Waals surface area contributed by atoms with Crippen LogP contribution >= 0.6 is 11.3 Å². The van der Waals surface area contributed by atoms with Crippen molar-refractivity contribution in [3.63, 3.8) is 0 Å². The monoisotopic (exact) mass is 250 g/mol. The summed E-state index contributed by atoms with van der Waals surface area (Å²) in [4.78, 5) is 19.7. The predicted molar refractivity (Wildman–Crippen MR) is 67.0 cm³/mol. The van der Waals surface area contributed by atoms with Gasteiger partial charge in [-0.1, -0.05) is 0 Å². The molecule has 0 amide bonds. The number of carbonyl (C=O) groups excluding carboxylic acids is 1. The number of ether oxygens (including phenoxy) is 1. The van der Waals surface area contributed by atoms with Gasteiger partial charge in [0, 0.05) is 6.42 Å². The van der Waals surface area contributed by atoms with Crippen LogP contribution in [0.2, 0.25) is 0 Å². The number of nitrogens with zero attached hydrogens (tertiary/aromatic N) is 1. The molecular weight excluding hydrogens is 236 g/mol. The third-order valence-electron chi connectivity index (χ3n) is 2.53. The first-order valence-electron chi connectivity index (χ1n) is 5.36. The van der Waals surface area contributed by atoms with Crippen molar-refractivity contribution >= 4 is 17.3 Å². The first-order chi connectivity index (χ1) is 8.20. The van der Waals surface area contributed by atoms with Crippen LogP contribution in [-0.2, 0) is 16.0 Å². The van der Waals surface area contributed by atoms with Crippen LogP contribution < -0.4 is 0 Å². The number of imidazole rings is 1. The number of hydrogen-bond donors (Lipinski definition) is 1. The van der Waals surface area contributed by atoms with Crippen molar-refractivity contribution in [1.82, 2.24) is 9.97 Å². The molecule has 5 heteroatoms. The lowest BCUT2D eigenvalue weighted by Crippen LogP contribution is -2.02. The Kier molecular flexibility index (Phi) is 3.58. The minimum atomic E-state index is -0.213. The number of H-pyrrole nitrogens is 1. The van der Waals surface area contributed by atoms with Crippen LogP contribution in [0.5, 0.6) is 0 Å². The van der Waals surface area contributed by atoms with E-state index < -0.39 is 0 Å². The molecule has 0 aliphatic rings. The van der Waals surface area contributed by atoms with E-state index in [0.717, 1.165) is 11.5 Å². The number of rotatable bonds is 4. The van der Waals surface area contributed by atoms with Gasteiger partial charge in [-0.25, -0.2) is 4.98 Å². The van der Waals surface area contributed by atoms with E-state index in [1.807, 2.05) is 6.20 Å². The molecule has 2 aromatic heterocycles. The zero-order valence-corrected chi connectivity index (χ0v) is 10.6. The fraction of sp³-hybridized carbons (Fsp3) is 0.333. The summed E-state index contributed by atoms with van der Waals surface area (Å²) in [5, 5.41) is 2.06. The van der Waals surface area contributed by atoms with Crippen molar-refractivity contribution < 1.29 is 9.53 Å². The predicted octanol–water partition coefficient (Wildman–Crippen LogP) is 2.55. The number of aromatic amines is 1. The Bertz CT molecular complexity index is 516. The topological polar surface area (TPSA) is 55.0 Å². The number of carbonyl (C=O) groups is 1. The van der Waals surface area contributed by atoms with Crippen LogP contribution in [-0.4, -0.2) is 23.0 Å². The van der Waals surface area contributed by atoms with Crippen LogP contribution in [0.4, 0.5) is 0 Å². The molecule has 17 heavy (non-hydrogen) atoms. The van der Waals surface area contributed by atoms with Crippen molar-refractivity contribution in [3.8, 4) is 10.6 Å². The molecule has 0 radical (unpaired) electrons. The van der Waals surface area contributed by atoms with E-state index in [2.05, 4.69) is 33.1 Å². The quantitative estimate of drug-likeness (QED) is 0.848. The molecule has 4 nitrogen and oxygen atoms in total. The first kappa shape index (κ1) is 11.9. The molecule has 2 rings (SSSR count). The maximum Gasteiger partial charge on any atom is 0.305 e. The fourth-order valence-electron chi connectivity index (χ4n) is 1.58. The lowest BCUT2D eigenvalue weighted by atomic mass is 10.2. The van der Waals surface area contributed by atoms with Crippen molar-refractivity contribution in [3.05, 3.63) is 29.0 Å². The van der Waals surface area contributed by atoms with Gasteiger partial charge in [-0.3, -0.25) is 4.79 Å². The maximum atomic E-state index is 11.0. The van der Waals surface area contributed by atoms with E-state index in [9.17, 15) is 4.79 Å². The largest absolute Gasteiger partial charge is 0.469 e. The van der Waals surface area contributed by atoms with Crippen molar-refractivity contribution in [1.29, 1.82) is 0 Å². The molecule has 2 aromatic rings. The fourth-order valence-corrected chi connectivity index (χ4v) is 2.47. The third-order valence-corrected chi connectivity index (χ3v) is 3.58. The highest BCUT2D eigenvalue weighted by Crippen LogP contribution is 2.27. The summed E-state index contributed by atoms with van der Waals surface area (Å²) >= 11 is 1.68. The zero-order valence-electron chi connectivity index (χ0n) is 9.82. The average molecular weight is 250 g/mol. The van der Waals surface area contributed by atoms with Crippen molar-refractivity contribution in [2.75, 3.05) is 7.11 Å². The van der Waals surface area contributed by atoms with Gasteiger partial charge < -0.3 is 9.72 Å². The van der Waals surface area contributed by atoms with Gasteiger partial charge in [0.2, 0.25) is 0 Å². The third kappa shape index (κ3) is 2.74. The van der Waals surface area contributed by atoms with Crippen LogP contribution in [0.15, 0.2) is 17.6 Å². The van der Waals surface area contributed by atoms with Gasteiger partial charge in [0.05, 0.1) is 30.3 Å². The van der Waals surface area contributed by atoms with Crippen molar-refractivity contribution in [2.45, 2.75) is 19.8 Å². The number of thiophene rings is 1. The standard InChI is InChI=1S/C12H14N2O2S/c1-8-5-6-17-12(8)9-7-13-10(14-9)3-4-11(15)16-2/h5-7H,3-4H2,1-2H3,(H,13,14). The van der Waals surface area contributed by atoms with Gasteiger partial charge >= 0.3 is 5.97 Å². The van der Waals surface area contributed by atoms with Crippen molar-refractivity contribution in [2.24, 2.45) is 0 Å². The Labute approximate surface area is 104 Å². The van der Waals surface area contributed by atoms with Crippen LogP contribution in [0.1, 0.15) is 17.8 Å². The minimum Gasteiger partial charge on any atom is -0.469 e. The summed E-state index contributed by atoms with van der Waals surface area (Å²) in [5.74, 6) is 0.605. The summed E-state index contributed by atoms with van der Waals surface area (Å²) in [6, 6.07) is 2.08. The molecule has 1 N–H and O–H groups in total. The molecular formula is C12H14N2O2S. The summed E-state index contributed by atoms with van der Waals surface area (Å²) in [5.41, 5.74) is 2.25. The molecule has 0 aliphatic heterocycles. The molecule has 2 heterocycles. The second kappa shape index (κ2) is 5.14. The number of aryl methyl sites for hydroxylation is 2. The van der Waals surface area contributed by atoms with Gasteiger partial charge in [-0.15, -0.1) is 11.3 Å². The van der Waals surface area contributed by atoms with E-state index in [1.54, 1.807) is 11.3 Å². The number of methoxy groups -OCH3 is 1. The molecule has 0 saturated heterocycles. The van der Waals surface area contributed by atoms with E-state index in [-0.39, 0.29) is 5.97 Å². The highest BCUT2D eigenvalue weighted by atomic mass is 32.1.